The SMILES string of the molecule is Nc1ccc2[nH]c(CN3CCOCC3)cc2c1. The van der Waals surface area contributed by atoms with Crippen LogP contribution in [0.25, 0.3) is 10.9 Å². The summed E-state index contributed by atoms with van der Waals surface area (Å²) >= 11 is 0. The number of benzene rings is 1. The Hall–Kier alpha value is -1.52. The largest absolute Gasteiger partial charge is 0.399 e. The molecular formula is C13H17N3O. The van der Waals surface area contributed by atoms with E-state index in [2.05, 4.69) is 16.0 Å². The molecule has 1 aliphatic rings. The van der Waals surface area contributed by atoms with Crippen LogP contribution in [-0.2, 0) is 11.3 Å². The summed E-state index contributed by atoms with van der Waals surface area (Å²) in [7, 11) is 0. The van der Waals surface area contributed by atoms with Crippen LogP contribution < -0.4 is 5.73 Å². The number of morpholine rings is 1. The van der Waals surface area contributed by atoms with E-state index in [-0.39, 0.29) is 0 Å². The highest BCUT2D eigenvalue weighted by atomic mass is 16.5. The highest BCUT2D eigenvalue weighted by Gasteiger charge is 2.11. The molecule has 0 radical (unpaired) electrons. The highest BCUT2D eigenvalue weighted by molar-refractivity contribution is 5.83. The molecule has 0 spiro atoms. The number of aromatic nitrogens is 1. The van der Waals surface area contributed by atoms with Crippen LogP contribution in [0.15, 0.2) is 24.3 Å². The summed E-state index contributed by atoms with van der Waals surface area (Å²) in [5.41, 5.74) is 8.99. The predicted molar refractivity (Wildman–Crippen MR) is 68.8 cm³/mol. The smallest absolute Gasteiger partial charge is 0.0594 e. The van der Waals surface area contributed by atoms with Gasteiger partial charge in [-0.3, -0.25) is 4.90 Å². The molecule has 0 atom stereocenters. The quantitative estimate of drug-likeness (QED) is 0.772. The molecule has 0 amide bonds. The summed E-state index contributed by atoms with van der Waals surface area (Å²) in [4.78, 5) is 5.83. The second-order valence-corrected chi connectivity index (χ2v) is 4.53. The van der Waals surface area contributed by atoms with Crippen LogP contribution in [-0.4, -0.2) is 36.2 Å². The fourth-order valence-corrected chi connectivity index (χ4v) is 2.30. The number of aromatic amines is 1. The molecule has 90 valence electrons. The highest BCUT2D eigenvalue weighted by Crippen LogP contribution is 2.19. The molecule has 3 N–H and O–H groups in total. The van der Waals surface area contributed by atoms with Gasteiger partial charge in [0.05, 0.1) is 13.2 Å². The Bertz CT molecular complexity index is 514. The molecule has 4 nitrogen and oxygen atoms in total. The number of nitrogens with two attached hydrogens (primary N) is 1. The molecule has 1 saturated heterocycles. The fourth-order valence-electron chi connectivity index (χ4n) is 2.30. The van der Waals surface area contributed by atoms with Gasteiger partial charge in [-0.05, 0) is 24.3 Å². The minimum Gasteiger partial charge on any atom is -0.399 e. The summed E-state index contributed by atoms with van der Waals surface area (Å²) in [5.74, 6) is 0. The number of nitrogens with zero attached hydrogens (tertiary/aromatic N) is 1. The van der Waals surface area contributed by atoms with Gasteiger partial charge in [0.25, 0.3) is 0 Å². The number of rotatable bonds is 2. The van der Waals surface area contributed by atoms with Crippen LogP contribution in [0.1, 0.15) is 5.69 Å². The van der Waals surface area contributed by atoms with E-state index in [9.17, 15) is 0 Å². The van der Waals surface area contributed by atoms with Crippen LogP contribution in [0.5, 0.6) is 0 Å². The number of nitrogen functional groups attached to an aromatic ring is 1. The summed E-state index contributed by atoms with van der Waals surface area (Å²) in [5, 5.41) is 1.19. The van der Waals surface area contributed by atoms with Gasteiger partial charge in [-0.25, -0.2) is 0 Å². The molecule has 2 heterocycles. The van der Waals surface area contributed by atoms with Gasteiger partial charge in [-0.1, -0.05) is 0 Å². The monoisotopic (exact) mass is 231 g/mol. The standard InChI is InChI=1S/C13H17N3O/c14-11-1-2-13-10(7-11)8-12(15-13)9-16-3-5-17-6-4-16/h1-2,7-8,15H,3-6,9,14H2. The Labute approximate surface area is 100 Å². The zero-order valence-corrected chi connectivity index (χ0v) is 9.78. The van der Waals surface area contributed by atoms with Gasteiger partial charge in [0.15, 0.2) is 0 Å². The Morgan fingerprint density at radius 2 is 2.06 bits per heavy atom. The summed E-state index contributed by atoms with van der Waals surface area (Å²) in [6.45, 7) is 4.66. The van der Waals surface area contributed by atoms with Gasteiger partial charge in [-0.2, -0.15) is 0 Å². The first-order valence-electron chi connectivity index (χ1n) is 5.98. The van der Waals surface area contributed by atoms with Crippen LogP contribution >= 0.6 is 0 Å². The first kappa shape index (κ1) is 10.6. The molecule has 1 aromatic carbocycles. The fraction of sp³-hybridized carbons (Fsp3) is 0.385. The summed E-state index contributed by atoms with van der Waals surface area (Å²) < 4.78 is 5.34. The molecule has 2 aromatic rings. The van der Waals surface area contributed by atoms with Crippen molar-refractivity contribution in [3.63, 3.8) is 0 Å². The minimum absolute atomic E-state index is 0.814. The lowest BCUT2D eigenvalue weighted by molar-refractivity contribution is 0.0337. The third-order valence-electron chi connectivity index (χ3n) is 3.20. The Morgan fingerprint density at radius 3 is 2.88 bits per heavy atom. The molecule has 1 aromatic heterocycles. The van der Waals surface area contributed by atoms with Crippen molar-refractivity contribution < 1.29 is 4.74 Å². The summed E-state index contributed by atoms with van der Waals surface area (Å²) in [6, 6.07) is 8.15. The maximum Gasteiger partial charge on any atom is 0.0594 e. The van der Waals surface area contributed by atoms with Gasteiger partial charge in [0.2, 0.25) is 0 Å². The molecule has 3 rings (SSSR count). The average Bonchev–Trinajstić information content (AvgIpc) is 2.71. The van der Waals surface area contributed by atoms with Gasteiger partial charge in [0.1, 0.15) is 0 Å². The van der Waals surface area contributed by atoms with Crippen molar-refractivity contribution in [3.8, 4) is 0 Å². The zero-order valence-electron chi connectivity index (χ0n) is 9.78. The molecule has 17 heavy (non-hydrogen) atoms. The van der Waals surface area contributed by atoms with Gasteiger partial charge in [0, 0.05) is 41.9 Å². The maximum absolute atomic E-state index is 5.78. The molecule has 1 aliphatic heterocycles. The lowest BCUT2D eigenvalue weighted by Crippen LogP contribution is -2.35. The number of nitrogens with one attached hydrogen (secondary N) is 1. The Morgan fingerprint density at radius 1 is 1.24 bits per heavy atom. The molecule has 0 unspecified atom stereocenters. The van der Waals surface area contributed by atoms with Crippen LogP contribution in [0.3, 0.4) is 0 Å². The topological polar surface area (TPSA) is 54.3 Å². The van der Waals surface area contributed by atoms with Gasteiger partial charge in [-0.15, -0.1) is 0 Å². The number of ether oxygens (including phenoxy) is 1. The van der Waals surface area contributed by atoms with Crippen molar-refractivity contribution in [1.82, 2.24) is 9.88 Å². The van der Waals surface area contributed by atoms with Crippen molar-refractivity contribution in [2.75, 3.05) is 32.0 Å². The molecule has 4 heteroatoms. The predicted octanol–water partition coefficient (Wildman–Crippen LogP) is 1.58. The Balaban J connectivity index is 1.80. The van der Waals surface area contributed by atoms with Crippen molar-refractivity contribution in [2.45, 2.75) is 6.54 Å². The number of fused-ring (bicyclic) bond motifs is 1. The minimum atomic E-state index is 0.814. The first-order chi connectivity index (χ1) is 8.31. The van der Waals surface area contributed by atoms with E-state index in [1.165, 1.54) is 11.1 Å². The maximum atomic E-state index is 5.78. The van der Waals surface area contributed by atoms with Gasteiger partial charge < -0.3 is 15.5 Å². The third kappa shape index (κ3) is 2.28. The number of hydrogen-bond acceptors (Lipinski definition) is 3. The van der Waals surface area contributed by atoms with Crippen molar-refractivity contribution in [1.29, 1.82) is 0 Å². The van der Waals surface area contributed by atoms with Crippen molar-refractivity contribution >= 4 is 16.6 Å². The van der Waals surface area contributed by atoms with E-state index >= 15 is 0 Å². The second kappa shape index (κ2) is 4.39. The van der Waals surface area contributed by atoms with Crippen LogP contribution in [0.4, 0.5) is 5.69 Å². The number of anilines is 1. The second-order valence-electron chi connectivity index (χ2n) is 4.53. The van der Waals surface area contributed by atoms with E-state index < -0.39 is 0 Å². The zero-order chi connectivity index (χ0) is 11.7. The van der Waals surface area contributed by atoms with Gasteiger partial charge >= 0.3 is 0 Å². The van der Waals surface area contributed by atoms with E-state index in [0.29, 0.717) is 0 Å². The van der Waals surface area contributed by atoms with E-state index in [1.54, 1.807) is 0 Å². The van der Waals surface area contributed by atoms with Crippen molar-refractivity contribution in [2.24, 2.45) is 0 Å². The van der Waals surface area contributed by atoms with Crippen LogP contribution in [0, 0.1) is 0 Å². The molecule has 0 aliphatic carbocycles. The van der Waals surface area contributed by atoms with Crippen LogP contribution in [0.2, 0.25) is 0 Å². The molecule has 0 bridgehead atoms. The number of hydrogen-bond donors (Lipinski definition) is 2. The van der Waals surface area contributed by atoms with E-state index in [0.717, 1.165) is 44.1 Å². The normalized spacial score (nSPS) is 17.6. The molecular weight excluding hydrogens is 214 g/mol. The van der Waals surface area contributed by atoms with Crippen molar-refractivity contribution in [3.05, 3.63) is 30.0 Å². The average molecular weight is 231 g/mol. The number of H-pyrrole nitrogens is 1. The molecule has 1 fully saturated rings. The van der Waals surface area contributed by atoms with E-state index in [4.69, 9.17) is 10.5 Å². The summed E-state index contributed by atoms with van der Waals surface area (Å²) in [6.07, 6.45) is 0. The third-order valence-corrected chi connectivity index (χ3v) is 3.20. The first-order valence-corrected chi connectivity index (χ1v) is 5.98. The lowest BCUT2D eigenvalue weighted by atomic mass is 10.2. The van der Waals surface area contributed by atoms with E-state index in [1.807, 2.05) is 18.2 Å². The Kier molecular flexibility index (Phi) is 2.74. The lowest BCUT2D eigenvalue weighted by Gasteiger charge is -2.25. The molecule has 0 saturated carbocycles.